The second-order valence-corrected chi connectivity index (χ2v) is 10.1. The third-order valence-electron chi connectivity index (χ3n) is 6.83. The van der Waals surface area contributed by atoms with Crippen LogP contribution in [0.5, 0.6) is 5.75 Å². The molecule has 0 unspecified atom stereocenters. The molecule has 1 saturated heterocycles. The first kappa shape index (κ1) is 28.6. The molecule has 3 aromatic rings. The van der Waals surface area contributed by atoms with E-state index in [0.717, 1.165) is 28.0 Å². The zero-order valence-electron chi connectivity index (χ0n) is 21.9. The summed E-state index contributed by atoms with van der Waals surface area (Å²) in [6, 6.07) is 23.8. The summed E-state index contributed by atoms with van der Waals surface area (Å²) in [5, 5.41) is 20.9. The zero-order valence-corrected chi connectivity index (χ0v) is 22.6. The van der Waals surface area contributed by atoms with Gasteiger partial charge in [-0.15, -0.1) is 0 Å². The van der Waals surface area contributed by atoms with E-state index in [1.807, 2.05) is 73.7 Å². The van der Waals surface area contributed by atoms with Gasteiger partial charge in [0.1, 0.15) is 18.0 Å². The van der Waals surface area contributed by atoms with E-state index in [4.69, 9.17) is 30.5 Å². The van der Waals surface area contributed by atoms with Crippen LogP contribution in [0.1, 0.15) is 48.1 Å². The maximum absolute atomic E-state index is 10.1. The van der Waals surface area contributed by atoms with Gasteiger partial charge in [0.05, 0.1) is 38.6 Å². The first-order valence-corrected chi connectivity index (χ1v) is 13.5. The lowest BCUT2D eigenvalue weighted by Crippen LogP contribution is -2.49. The molecule has 204 valence electrons. The summed E-state index contributed by atoms with van der Waals surface area (Å²) in [4.78, 5) is 0. The van der Waals surface area contributed by atoms with E-state index < -0.39 is 5.60 Å². The third-order valence-corrected chi connectivity index (χ3v) is 7.20. The Labute approximate surface area is 230 Å². The van der Waals surface area contributed by atoms with Crippen molar-refractivity contribution in [2.24, 2.45) is 0 Å². The molecule has 1 fully saturated rings. The Bertz CT molecular complexity index is 1120. The van der Waals surface area contributed by atoms with E-state index in [1.54, 1.807) is 0 Å². The van der Waals surface area contributed by atoms with Crippen LogP contribution in [-0.4, -0.2) is 55.0 Å². The highest BCUT2D eigenvalue weighted by atomic mass is 35.5. The number of benzene rings is 3. The topological polar surface area (TPSA) is 77.4 Å². The van der Waals surface area contributed by atoms with Crippen molar-refractivity contribution >= 4 is 11.6 Å². The van der Waals surface area contributed by atoms with Crippen LogP contribution >= 0.6 is 11.6 Å². The molecular formula is C31H37ClO6. The lowest BCUT2D eigenvalue weighted by Gasteiger charge is -2.43. The number of aliphatic hydroxyl groups excluding tert-OH is 2. The predicted octanol–water partition coefficient (Wildman–Crippen LogP) is 5.51. The Morgan fingerprint density at radius 3 is 2.42 bits per heavy atom. The molecule has 38 heavy (non-hydrogen) atoms. The molecule has 1 aliphatic heterocycles. The molecule has 3 aromatic carbocycles. The van der Waals surface area contributed by atoms with Crippen LogP contribution in [0.2, 0.25) is 5.02 Å². The van der Waals surface area contributed by atoms with Crippen molar-refractivity contribution in [3.05, 3.63) is 100 Å². The minimum Gasteiger partial charge on any atom is -0.491 e. The Balaban J connectivity index is 1.45. The number of ether oxygens (including phenoxy) is 4. The average Bonchev–Trinajstić information content (AvgIpc) is 2.96. The van der Waals surface area contributed by atoms with Gasteiger partial charge in [-0.1, -0.05) is 66.2 Å². The Hall–Kier alpha value is -2.45. The van der Waals surface area contributed by atoms with E-state index >= 15 is 0 Å². The summed E-state index contributed by atoms with van der Waals surface area (Å²) in [6.45, 7) is 3.61. The number of hydrogen-bond donors (Lipinski definition) is 2. The van der Waals surface area contributed by atoms with Gasteiger partial charge in [-0.2, -0.15) is 0 Å². The highest BCUT2D eigenvalue weighted by Crippen LogP contribution is 2.40. The van der Waals surface area contributed by atoms with Gasteiger partial charge in [-0.05, 0) is 53.8 Å². The summed E-state index contributed by atoms with van der Waals surface area (Å²) in [5.41, 5.74) is 3.04. The maximum atomic E-state index is 10.1. The number of aliphatic hydroxyl groups is 2. The van der Waals surface area contributed by atoms with Gasteiger partial charge in [0.15, 0.2) is 0 Å². The maximum Gasteiger partial charge on any atom is 0.119 e. The summed E-state index contributed by atoms with van der Waals surface area (Å²) < 4.78 is 23.6. The van der Waals surface area contributed by atoms with E-state index in [-0.39, 0.29) is 25.4 Å². The fraction of sp³-hybridized carbons (Fsp3) is 0.419. The van der Waals surface area contributed by atoms with Crippen LogP contribution in [-0.2, 0) is 27.2 Å². The lowest BCUT2D eigenvalue weighted by molar-refractivity contribution is -0.207. The Morgan fingerprint density at radius 2 is 1.71 bits per heavy atom. The highest BCUT2D eigenvalue weighted by Gasteiger charge is 2.42. The van der Waals surface area contributed by atoms with Gasteiger partial charge in [-0.3, -0.25) is 0 Å². The molecular weight excluding hydrogens is 504 g/mol. The van der Waals surface area contributed by atoms with Crippen LogP contribution in [0.3, 0.4) is 0 Å². The van der Waals surface area contributed by atoms with Crippen LogP contribution < -0.4 is 4.74 Å². The van der Waals surface area contributed by atoms with Crippen LogP contribution in [0.15, 0.2) is 72.8 Å². The van der Waals surface area contributed by atoms with E-state index in [1.165, 1.54) is 0 Å². The molecule has 0 bridgehead atoms. The van der Waals surface area contributed by atoms with E-state index in [9.17, 15) is 10.2 Å². The second-order valence-electron chi connectivity index (χ2n) is 9.68. The van der Waals surface area contributed by atoms with Crippen molar-refractivity contribution in [2.75, 3.05) is 33.0 Å². The number of rotatable bonds is 13. The fourth-order valence-electron chi connectivity index (χ4n) is 4.72. The van der Waals surface area contributed by atoms with Gasteiger partial charge in [0.25, 0.3) is 0 Å². The summed E-state index contributed by atoms with van der Waals surface area (Å²) in [7, 11) is 0. The van der Waals surface area contributed by atoms with Crippen molar-refractivity contribution in [3.8, 4) is 5.75 Å². The van der Waals surface area contributed by atoms with Crippen molar-refractivity contribution in [2.45, 2.75) is 50.6 Å². The highest BCUT2D eigenvalue weighted by molar-refractivity contribution is 6.31. The summed E-state index contributed by atoms with van der Waals surface area (Å²) >= 11 is 6.59. The quantitative estimate of drug-likeness (QED) is 0.279. The SMILES string of the molecule is CCOCCOc1ccc(Cc2cc([C@H]3C[C@@H](OCc4ccccc4)CC(CO)(CO)O3)ccc2Cl)cc1. The molecule has 0 radical (unpaired) electrons. The predicted molar refractivity (Wildman–Crippen MR) is 148 cm³/mol. The standard InChI is InChI=1S/C31H37ClO6/c1-2-35-14-15-36-27-11-8-23(9-12-27)16-26-17-25(10-13-29(26)32)30-18-28(19-31(21-33,22-34)38-30)37-20-24-6-4-3-5-7-24/h3-13,17,28,30,33-34H,2,14-16,18-22H2,1H3/t28-,30-/m1/s1. The first-order chi connectivity index (χ1) is 18.5. The Morgan fingerprint density at radius 1 is 0.947 bits per heavy atom. The molecule has 0 aromatic heterocycles. The second kappa shape index (κ2) is 14.1. The molecule has 4 rings (SSSR count). The van der Waals surface area contributed by atoms with Crippen molar-refractivity contribution in [1.82, 2.24) is 0 Å². The van der Waals surface area contributed by atoms with Crippen LogP contribution in [0.25, 0.3) is 0 Å². The Kier molecular flexibility index (Phi) is 10.6. The minimum atomic E-state index is -1.07. The van der Waals surface area contributed by atoms with E-state index in [2.05, 4.69) is 6.07 Å². The van der Waals surface area contributed by atoms with Crippen LogP contribution in [0.4, 0.5) is 0 Å². The smallest absolute Gasteiger partial charge is 0.119 e. The molecule has 0 spiro atoms. The zero-order chi connectivity index (χ0) is 26.8. The number of hydrogen-bond acceptors (Lipinski definition) is 6. The van der Waals surface area contributed by atoms with Gasteiger partial charge in [-0.25, -0.2) is 0 Å². The summed E-state index contributed by atoms with van der Waals surface area (Å²) in [6.07, 6.45) is 1.16. The minimum absolute atomic E-state index is 0.178. The summed E-state index contributed by atoms with van der Waals surface area (Å²) in [5.74, 6) is 0.801. The molecule has 0 amide bonds. The molecule has 1 heterocycles. The monoisotopic (exact) mass is 540 g/mol. The van der Waals surface area contributed by atoms with E-state index in [0.29, 0.717) is 50.7 Å². The van der Waals surface area contributed by atoms with Gasteiger partial charge >= 0.3 is 0 Å². The fourth-order valence-corrected chi connectivity index (χ4v) is 4.91. The normalized spacial score (nSPS) is 18.8. The molecule has 6 nitrogen and oxygen atoms in total. The van der Waals surface area contributed by atoms with Crippen molar-refractivity contribution < 1.29 is 29.2 Å². The number of halogens is 1. The first-order valence-electron chi connectivity index (χ1n) is 13.2. The molecule has 0 aliphatic carbocycles. The third kappa shape index (κ3) is 7.79. The van der Waals surface area contributed by atoms with Gasteiger partial charge < -0.3 is 29.2 Å². The molecule has 0 saturated carbocycles. The molecule has 2 N–H and O–H groups in total. The van der Waals surface area contributed by atoms with Crippen molar-refractivity contribution in [3.63, 3.8) is 0 Å². The van der Waals surface area contributed by atoms with Gasteiger partial charge in [0.2, 0.25) is 0 Å². The van der Waals surface area contributed by atoms with Crippen molar-refractivity contribution in [1.29, 1.82) is 0 Å². The lowest BCUT2D eigenvalue weighted by atomic mass is 9.87. The van der Waals surface area contributed by atoms with Crippen LogP contribution in [0, 0.1) is 0 Å². The molecule has 7 heteroatoms. The molecule has 2 atom stereocenters. The average molecular weight is 541 g/mol. The van der Waals surface area contributed by atoms with Gasteiger partial charge in [0, 0.05) is 24.5 Å². The molecule has 1 aliphatic rings. The largest absolute Gasteiger partial charge is 0.491 e.